The second kappa shape index (κ2) is 7.63. The molecule has 24 heavy (non-hydrogen) atoms. The molecular weight excluding hydrogens is 310 g/mol. The number of benzene rings is 1. The summed E-state index contributed by atoms with van der Waals surface area (Å²) in [6, 6.07) is 5.58. The fourth-order valence-electron chi connectivity index (χ4n) is 2.85. The number of aryl methyl sites for hydroxylation is 2. The molecule has 0 spiro atoms. The van der Waals surface area contributed by atoms with Crippen LogP contribution in [0.2, 0.25) is 0 Å². The second-order valence-corrected chi connectivity index (χ2v) is 6.03. The number of amides is 1. The Morgan fingerprint density at radius 3 is 2.88 bits per heavy atom. The molecule has 1 aromatic heterocycles. The van der Waals surface area contributed by atoms with E-state index in [1.165, 1.54) is 4.57 Å². The number of carbonyl (C=O) groups is 1. The van der Waals surface area contributed by atoms with Crippen LogP contribution in [0.3, 0.4) is 0 Å². The molecule has 2 aromatic rings. The Hall–Kier alpha value is -2.12. The Morgan fingerprint density at radius 1 is 1.29 bits per heavy atom. The largest absolute Gasteiger partial charge is 0.419 e. The molecule has 0 saturated carbocycles. The van der Waals surface area contributed by atoms with Crippen molar-refractivity contribution in [2.24, 2.45) is 7.05 Å². The van der Waals surface area contributed by atoms with Gasteiger partial charge in [-0.1, -0.05) is 6.07 Å². The SMILES string of the molecule is Cn1c(=O)oc2ccc(CCC(=O)NCCN3CCOCC3)cc21. The van der Waals surface area contributed by atoms with Gasteiger partial charge in [-0.2, -0.15) is 0 Å². The lowest BCUT2D eigenvalue weighted by molar-refractivity contribution is -0.121. The lowest BCUT2D eigenvalue weighted by atomic mass is 10.1. The normalized spacial score (nSPS) is 15.7. The predicted molar refractivity (Wildman–Crippen MR) is 90.0 cm³/mol. The summed E-state index contributed by atoms with van der Waals surface area (Å²) in [6.07, 6.45) is 1.07. The monoisotopic (exact) mass is 333 g/mol. The van der Waals surface area contributed by atoms with Crippen molar-refractivity contribution in [3.05, 3.63) is 34.3 Å². The average Bonchev–Trinajstić information content (AvgIpc) is 2.88. The van der Waals surface area contributed by atoms with E-state index in [2.05, 4.69) is 10.2 Å². The lowest BCUT2D eigenvalue weighted by Gasteiger charge is -2.26. The van der Waals surface area contributed by atoms with E-state index in [0.717, 1.165) is 43.9 Å². The lowest BCUT2D eigenvalue weighted by Crippen LogP contribution is -2.41. The Balaban J connectivity index is 1.45. The van der Waals surface area contributed by atoms with Gasteiger partial charge < -0.3 is 14.5 Å². The number of hydrogen-bond acceptors (Lipinski definition) is 5. The summed E-state index contributed by atoms with van der Waals surface area (Å²) >= 11 is 0. The number of ether oxygens (including phenoxy) is 1. The molecule has 1 aliphatic heterocycles. The van der Waals surface area contributed by atoms with E-state index in [9.17, 15) is 9.59 Å². The molecule has 1 aromatic carbocycles. The summed E-state index contributed by atoms with van der Waals surface area (Å²) in [6.45, 7) is 4.92. The highest BCUT2D eigenvalue weighted by molar-refractivity contribution is 5.77. The Morgan fingerprint density at radius 2 is 2.08 bits per heavy atom. The van der Waals surface area contributed by atoms with E-state index in [1.807, 2.05) is 12.1 Å². The highest BCUT2D eigenvalue weighted by atomic mass is 16.5. The molecule has 0 bridgehead atoms. The first-order valence-corrected chi connectivity index (χ1v) is 8.29. The number of carbonyl (C=O) groups excluding carboxylic acids is 1. The maximum atomic E-state index is 12.0. The zero-order valence-corrected chi connectivity index (χ0v) is 13.9. The van der Waals surface area contributed by atoms with Crippen LogP contribution in [0.15, 0.2) is 27.4 Å². The highest BCUT2D eigenvalue weighted by Crippen LogP contribution is 2.15. The predicted octanol–water partition coefficient (Wildman–Crippen LogP) is 0.513. The number of morpholine rings is 1. The zero-order chi connectivity index (χ0) is 16.9. The number of aromatic nitrogens is 1. The minimum atomic E-state index is -0.372. The van der Waals surface area contributed by atoms with Crippen molar-refractivity contribution >= 4 is 17.0 Å². The van der Waals surface area contributed by atoms with Gasteiger partial charge in [0.25, 0.3) is 0 Å². The maximum Gasteiger partial charge on any atom is 0.419 e. The van der Waals surface area contributed by atoms with Gasteiger partial charge in [0.15, 0.2) is 5.58 Å². The van der Waals surface area contributed by atoms with Crippen LogP contribution < -0.4 is 11.1 Å². The molecular formula is C17H23N3O4. The minimum Gasteiger partial charge on any atom is -0.408 e. The van der Waals surface area contributed by atoms with Crippen molar-refractivity contribution < 1.29 is 13.9 Å². The molecule has 1 aliphatic rings. The highest BCUT2D eigenvalue weighted by Gasteiger charge is 2.11. The number of rotatable bonds is 6. The zero-order valence-electron chi connectivity index (χ0n) is 13.9. The summed E-state index contributed by atoms with van der Waals surface area (Å²) in [5.41, 5.74) is 2.34. The van der Waals surface area contributed by atoms with Gasteiger partial charge in [0.1, 0.15) is 0 Å². The van der Waals surface area contributed by atoms with Gasteiger partial charge in [-0.05, 0) is 24.1 Å². The van der Waals surface area contributed by atoms with Gasteiger partial charge in [0, 0.05) is 39.6 Å². The summed E-state index contributed by atoms with van der Waals surface area (Å²) in [5.74, 6) is -0.326. The van der Waals surface area contributed by atoms with E-state index in [4.69, 9.17) is 9.15 Å². The number of hydrogen-bond donors (Lipinski definition) is 1. The number of fused-ring (bicyclic) bond motifs is 1. The minimum absolute atomic E-state index is 0.0458. The third kappa shape index (κ3) is 4.04. The first-order chi connectivity index (χ1) is 11.6. The molecule has 1 amide bonds. The van der Waals surface area contributed by atoms with Crippen LogP contribution in [0.1, 0.15) is 12.0 Å². The van der Waals surface area contributed by atoms with Crippen LogP contribution in [0, 0.1) is 0 Å². The van der Waals surface area contributed by atoms with E-state index in [0.29, 0.717) is 25.0 Å². The van der Waals surface area contributed by atoms with Gasteiger partial charge in [-0.15, -0.1) is 0 Å². The molecule has 1 N–H and O–H groups in total. The maximum absolute atomic E-state index is 12.0. The fourth-order valence-corrected chi connectivity index (χ4v) is 2.85. The molecule has 1 fully saturated rings. The molecule has 1 saturated heterocycles. The smallest absolute Gasteiger partial charge is 0.408 e. The van der Waals surface area contributed by atoms with Crippen LogP contribution in [0.5, 0.6) is 0 Å². The van der Waals surface area contributed by atoms with Crippen molar-refractivity contribution in [1.29, 1.82) is 0 Å². The second-order valence-electron chi connectivity index (χ2n) is 6.03. The Bertz CT molecular complexity index is 759. The summed E-state index contributed by atoms with van der Waals surface area (Å²) < 4.78 is 11.9. The van der Waals surface area contributed by atoms with E-state index in [-0.39, 0.29) is 11.7 Å². The molecule has 7 nitrogen and oxygen atoms in total. The fraction of sp³-hybridized carbons (Fsp3) is 0.529. The van der Waals surface area contributed by atoms with Crippen LogP contribution in [-0.2, 0) is 23.0 Å². The molecule has 0 unspecified atom stereocenters. The third-order valence-corrected chi connectivity index (χ3v) is 4.35. The summed E-state index contributed by atoms with van der Waals surface area (Å²) in [4.78, 5) is 25.7. The molecule has 3 rings (SSSR count). The van der Waals surface area contributed by atoms with Gasteiger partial charge in [-0.25, -0.2) is 4.79 Å². The first-order valence-electron chi connectivity index (χ1n) is 8.29. The molecule has 0 aliphatic carbocycles. The van der Waals surface area contributed by atoms with Crippen LogP contribution in [0.4, 0.5) is 0 Å². The summed E-state index contributed by atoms with van der Waals surface area (Å²) in [5, 5.41) is 2.96. The number of nitrogens with zero attached hydrogens (tertiary/aromatic N) is 2. The third-order valence-electron chi connectivity index (χ3n) is 4.35. The van der Waals surface area contributed by atoms with E-state index >= 15 is 0 Å². The Kier molecular flexibility index (Phi) is 5.32. The summed E-state index contributed by atoms with van der Waals surface area (Å²) in [7, 11) is 1.68. The average molecular weight is 333 g/mol. The van der Waals surface area contributed by atoms with Crippen LogP contribution in [-0.4, -0.2) is 54.8 Å². The van der Waals surface area contributed by atoms with E-state index in [1.54, 1.807) is 13.1 Å². The van der Waals surface area contributed by atoms with Crippen molar-refractivity contribution in [1.82, 2.24) is 14.8 Å². The van der Waals surface area contributed by atoms with Crippen molar-refractivity contribution in [2.45, 2.75) is 12.8 Å². The van der Waals surface area contributed by atoms with Gasteiger partial charge in [0.05, 0.1) is 18.7 Å². The Labute approximate surface area is 140 Å². The van der Waals surface area contributed by atoms with E-state index < -0.39 is 0 Å². The van der Waals surface area contributed by atoms with Crippen LogP contribution >= 0.6 is 0 Å². The number of oxazole rings is 1. The molecule has 2 heterocycles. The first kappa shape index (κ1) is 16.7. The van der Waals surface area contributed by atoms with Gasteiger partial charge >= 0.3 is 5.76 Å². The number of nitrogens with one attached hydrogen (secondary N) is 1. The van der Waals surface area contributed by atoms with Gasteiger partial charge in [0.2, 0.25) is 5.91 Å². The molecule has 7 heteroatoms. The molecule has 0 atom stereocenters. The van der Waals surface area contributed by atoms with Crippen LogP contribution in [0.25, 0.3) is 11.1 Å². The molecule has 0 radical (unpaired) electrons. The van der Waals surface area contributed by atoms with Crippen molar-refractivity contribution in [3.63, 3.8) is 0 Å². The van der Waals surface area contributed by atoms with Crippen molar-refractivity contribution in [3.8, 4) is 0 Å². The standard InChI is InChI=1S/C17H23N3O4/c1-19-14-12-13(2-4-15(14)24-17(19)22)3-5-16(21)18-6-7-20-8-10-23-11-9-20/h2,4,12H,3,5-11H2,1H3,(H,18,21). The van der Waals surface area contributed by atoms with Gasteiger partial charge in [-0.3, -0.25) is 14.3 Å². The molecule has 130 valence electrons. The quantitative estimate of drug-likeness (QED) is 0.834. The topological polar surface area (TPSA) is 76.7 Å². The van der Waals surface area contributed by atoms with Crippen molar-refractivity contribution in [2.75, 3.05) is 39.4 Å².